The number of H-pyrrole nitrogens is 1. The summed E-state index contributed by atoms with van der Waals surface area (Å²) in [5.74, 6) is 1.59. The zero-order chi connectivity index (χ0) is 19.1. The van der Waals surface area contributed by atoms with Crippen LogP contribution in [0.3, 0.4) is 0 Å². The Balaban J connectivity index is 1.71. The first-order valence-electron chi connectivity index (χ1n) is 8.95. The van der Waals surface area contributed by atoms with Gasteiger partial charge in [-0.15, -0.1) is 0 Å². The molecule has 0 spiro atoms. The van der Waals surface area contributed by atoms with Crippen molar-refractivity contribution in [3.8, 4) is 11.4 Å². The summed E-state index contributed by atoms with van der Waals surface area (Å²) in [5.41, 5.74) is 2.19. The number of hydrogen-bond donors (Lipinski definition) is 3. The van der Waals surface area contributed by atoms with E-state index in [2.05, 4.69) is 29.6 Å². The Morgan fingerprint density at radius 2 is 2.37 bits per heavy atom. The highest BCUT2D eigenvalue weighted by Crippen LogP contribution is 2.21. The molecule has 8 nitrogen and oxygen atoms in total. The lowest BCUT2D eigenvalue weighted by molar-refractivity contribution is 0.0444. The predicted molar refractivity (Wildman–Crippen MR) is 110 cm³/mol. The maximum atomic E-state index is 7.69. The third-order valence-electron chi connectivity index (χ3n) is 4.27. The van der Waals surface area contributed by atoms with Crippen molar-refractivity contribution in [2.75, 3.05) is 37.4 Å². The minimum absolute atomic E-state index is 0.141. The lowest BCUT2D eigenvalue weighted by Crippen LogP contribution is -2.46. The molecule has 0 bridgehead atoms. The molecular weight excluding hydrogens is 362 g/mol. The Bertz CT molecular complexity index is 792. The van der Waals surface area contributed by atoms with Gasteiger partial charge in [-0.3, -0.25) is 4.72 Å². The van der Waals surface area contributed by atoms with Crippen LogP contribution in [-0.2, 0) is 4.74 Å². The van der Waals surface area contributed by atoms with Crippen LogP contribution >= 0.6 is 11.9 Å². The maximum Gasteiger partial charge on any atom is 0.132 e. The van der Waals surface area contributed by atoms with Gasteiger partial charge in [0.05, 0.1) is 30.3 Å². The summed E-state index contributed by atoms with van der Waals surface area (Å²) in [6.07, 6.45) is 9.75. The topological polar surface area (TPSA) is 103 Å². The summed E-state index contributed by atoms with van der Waals surface area (Å²) in [7, 11) is 0. The fraction of sp³-hybridized carbons (Fsp3) is 0.444. The molecule has 3 N–H and O–H groups in total. The van der Waals surface area contributed by atoms with Crippen LogP contribution in [0, 0.1) is 5.41 Å². The third kappa shape index (κ3) is 5.38. The highest BCUT2D eigenvalue weighted by Gasteiger charge is 2.21. The number of anilines is 1. The second-order valence-electron chi connectivity index (χ2n) is 6.15. The number of allylic oxidation sites excluding steroid dienone is 1. The van der Waals surface area contributed by atoms with Crippen molar-refractivity contribution >= 4 is 29.6 Å². The van der Waals surface area contributed by atoms with E-state index in [-0.39, 0.29) is 6.10 Å². The van der Waals surface area contributed by atoms with E-state index >= 15 is 0 Å². The molecule has 0 saturated carbocycles. The highest BCUT2D eigenvalue weighted by atomic mass is 32.2. The Hall–Kier alpha value is -2.23. The number of rotatable bonds is 8. The van der Waals surface area contributed by atoms with Crippen LogP contribution in [0.5, 0.6) is 0 Å². The van der Waals surface area contributed by atoms with Crippen molar-refractivity contribution in [2.45, 2.75) is 19.4 Å². The van der Waals surface area contributed by atoms with Gasteiger partial charge in [0, 0.05) is 31.4 Å². The number of aromatic amines is 1. The molecule has 9 heteroatoms. The van der Waals surface area contributed by atoms with E-state index < -0.39 is 0 Å². The van der Waals surface area contributed by atoms with Crippen molar-refractivity contribution in [1.29, 1.82) is 5.41 Å². The van der Waals surface area contributed by atoms with Gasteiger partial charge >= 0.3 is 0 Å². The highest BCUT2D eigenvalue weighted by molar-refractivity contribution is 7.96. The van der Waals surface area contributed by atoms with Crippen LogP contribution in [0.15, 0.2) is 24.7 Å². The number of nitrogens with zero attached hydrogens (tertiary/aromatic N) is 4. The summed E-state index contributed by atoms with van der Waals surface area (Å²) in [4.78, 5) is 18.6. The van der Waals surface area contributed by atoms with E-state index in [1.807, 2.05) is 25.3 Å². The summed E-state index contributed by atoms with van der Waals surface area (Å²) in [6, 6.07) is 1.97. The van der Waals surface area contributed by atoms with Gasteiger partial charge in [-0.2, -0.15) is 0 Å². The molecule has 0 aromatic carbocycles. The molecule has 1 aliphatic heterocycles. The smallest absolute Gasteiger partial charge is 0.132 e. The molecule has 1 unspecified atom stereocenters. The monoisotopic (exact) mass is 387 g/mol. The Morgan fingerprint density at radius 3 is 3.19 bits per heavy atom. The second-order valence-corrected chi connectivity index (χ2v) is 6.84. The molecule has 0 amide bonds. The molecular formula is C18H25N7OS. The average Bonchev–Trinajstić information content (AvgIpc) is 3.20. The molecule has 2 aromatic rings. The van der Waals surface area contributed by atoms with Crippen LogP contribution in [-0.4, -0.2) is 64.2 Å². The molecule has 27 heavy (non-hydrogen) atoms. The first-order valence-corrected chi connectivity index (χ1v) is 10.2. The first-order chi connectivity index (χ1) is 13.2. The van der Waals surface area contributed by atoms with E-state index in [4.69, 9.17) is 10.1 Å². The molecule has 3 rings (SSSR count). The minimum atomic E-state index is 0.141. The molecule has 2 aromatic heterocycles. The van der Waals surface area contributed by atoms with E-state index in [0.29, 0.717) is 24.6 Å². The molecule has 0 radical (unpaired) electrons. The Kier molecular flexibility index (Phi) is 6.97. The van der Waals surface area contributed by atoms with Gasteiger partial charge in [-0.05, 0) is 24.8 Å². The van der Waals surface area contributed by atoms with Gasteiger partial charge in [0.1, 0.15) is 18.0 Å². The number of aromatic nitrogens is 4. The SMILES string of the molecule is CCC(=N)/C=C\c1ncc(-c2cc(N3CCOC(CNSC)C3)ncn2)[nH]1. The largest absolute Gasteiger partial charge is 0.373 e. The van der Waals surface area contributed by atoms with Crippen molar-refractivity contribution in [3.05, 3.63) is 30.5 Å². The van der Waals surface area contributed by atoms with Crippen LogP contribution < -0.4 is 9.62 Å². The van der Waals surface area contributed by atoms with Crippen LogP contribution in [0.25, 0.3) is 17.5 Å². The lowest BCUT2D eigenvalue weighted by Gasteiger charge is -2.33. The Morgan fingerprint density at radius 1 is 1.48 bits per heavy atom. The van der Waals surface area contributed by atoms with Crippen molar-refractivity contribution < 1.29 is 4.74 Å². The van der Waals surface area contributed by atoms with Gasteiger partial charge < -0.3 is 20.0 Å². The lowest BCUT2D eigenvalue weighted by atomic mass is 10.2. The summed E-state index contributed by atoms with van der Waals surface area (Å²) in [6.45, 7) is 5.04. The molecule has 3 heterocycles. The van der Waals surface area contributed by atoms with Crippen molar-refractivity contribution in [1.82, 2.24) is 24.7 Å². The van der Waals surface area contributed by atoms with E-state index in [1.54, 1.807) is 30.5 Å². The van der Waals surface area contributed by atoms with E-state index in [0.717, 1.165) is 36.8 Å². The zero-order valence-electron chi connectivity index (χ0n) is 15.6. The normalized spacial score (nSPS) is 17.6. The standard InChI is InChI=1S/C18H25N7OS/c1-3-13(19)4-5-17-20-10-16(24-17)15-8-18(22-12-21-15)25-6-7-26-14(11-25)9-23-27-2/h4-5,8,10,12,14,19,23H,3,6-7,9,11H2,1-2H3,(H,20,24)/b5-4-,19-13?. The second kappa shape index (κ2) is 9.63. The molecule has 1 aliphatic rings. The molecule has 0 aliphatic carbocycles. The van der Waals surface area contributed by atoms with Gasteiger partial charge in [-0.25, -0.2) is 15.0 Å². The van der Waals surface area contributed by atoms with Crippen molar-refractivity contribution in [3.63, 3.8) is 0 Å². The fourth-order valence-electron chi connectivity index (χ4n) is 2.74. The zero-order valence-corrected chi connectivity index (χ0v) is 16.4. The number of ether oxygens (including phenoxy) is 1. The average molecular weight is 388 g/mol. The number of imidazole rings is 1. The number of morpholine rings is 1. The minimum Gasteiger partial charge on any atom is -0.373 e. The van der Waals surface area contributed by atoms with Crippen LogP contribution in [0.4, 0.5) is 5.82 Å². The Labute approximate surface area is 163 Å². The fourth-order valence-corrected chi connectivity index (χ4v) is 3.10. The molecule has 1 atom stereocenters. The summed E-state index contributed by atoms with van der Waals surface area (Å²) < 4.78 is 9.05. The van der Waals surface area contributed by atoms with Crippen LogP contribution in [0.2, 0.25) is 0 Å². The molecule has 1 saturated heterocycles. The third-order valence-corrected chi connectivity index (χ3v) is 4.72. The summed E-state index contributed by atoms with van der Waals surface area (Å²) in [5, 5.41) is 7.69. The first kappa shape index (κ1) is 19.5. The van der Waals surface area contributed by atoms with E-state index in [1.165, 1.54) is 0 Å². The number of nitrogens with one attached hydrogen (secondary N) is 3. The summed E-state index contributed by atoms with van der Waals surface area (Å²) >= 11 is 1.60. The van der Waals surface area contributed by atoms with Gasteiger partial charge in [0.2, 0.25) is 0 Å². The predicted octanol–water partition coefficient (Wildman–Crippen LogP) is 2.38. The van der Waals surface area contributed by atoms with Gasteiger partial charge in [-0.1, -0.05) is 18.9 Å². The molecule has 144 valence electrons. The number of hydrogen-bond acceptors (Lipinski definition) is 8. The van der Waals surface area contributed by atoms with Crippen LogP contribution in [0.1, 0.15) is 19.2 Å². The van der Waals surface area contributed by atoms with Gasteiger partial charge in [0.25, 0.3) is 0 Å². The van der Waals surface area contributed by atoms with Gasteiger partial charge in [0.15, 0.2) is 0 Å². The maximum absolute atomic E-state index is 7.69. The quantitative estimate of drug-likeness (QED) is 0.472. The van der Waals surface area contributed by atoms with E-state index in [9.17, 15) is 0 Å². The van der Waals surface area contributed by atoms with Crippen molar-refractivity contribution in [2.24, 2.45) is 0 Å². The molecule has 1 fully saturated rings.